The third kappa shape index (κ3) is 3.00. The van der Waals surface area contributed by atoms with Gasteiger partial charge in [-0.15, -0.1) is 6.58 Å². The lowest BCUT2D eigenvalue weighted by molar-refractivity contribution is -0.157. The van der Waals surface area contributed by atoms with E-state index in [0.29, 0.717) is 11.1 Å². The van der Waals surface area contributed by atoms with E-state index in [-0.39, 0.29) is 6.61 Å². The van der Waals surface area contributed by atoms with E-state index >= 15 is 0 Å². The second kappa shape index (κ2) is 6.32. The number of rotatable bonds is 6. The molecule has 0 aromatic heterocycles. The lowest BCUT2D eigenvalue weighted by atomic mass is 10.1. The molecule has 1 aromatic carbocycles. The molecule has 6 nitrogen and oxygen atoms in total. The zero-order valence-corrected chi connectivity index (χ0v) is 11.6. The Hall–Kier alpha value is -2.47. The minimum absolute atomic E-state index is 0.212. The van der Waals surface area contributed by atoms with E-state index in [2.05, 4.69) is 6.58 Å². The Morgan fingerprint density at radius 2 is 1.86 bits per heavy atom. The molecule has 0 aliphatic carbocycles. The van der Waals surface area contributed by atoms with Crippen molar-refractivity contribution in [1.82, 2.24) is 4.90 Å². The molecular formula is C15H15NO5. The molecule has 1 heterocycles. The van der Waals surface area contributed by atoms with Gasteiger partial charge in [0.15, 0.2) is 12.8 Å². The molecule has 0 bridgehead atoms. The molecule has 0 saturated heterocycles. The maximum Gasteiger partial charge on any atom is 0.336 e. The van der Waals surface area contributed by atoms with Crippen LogP contribution in [0.4, 0.5) is 0 Å². The summed E-state index contributed by atoms with van der Waals surface area (Å²) in [6.45, 7) is 4.78. The molecule has 110 valence electrons. The third-order valence-electron chi connectivity index (χ3n) is 3.01. The Bertz CT molecular complexity index is 560. The molecule has 2 rings (SSSR count). The zero-order chi connectivity index (χ0) is 15.4. The van der Waals surface area contributed by atoms with Crippen LogP contribution in [0.3, 0.4) is 0 Å². The van der Waals surface area contributed by atoms with Crippen molar-refractivity contribution in [2.75, 3.05) is 13.3 Å². The van der Waals surface area contributed by atoms with Crippen LogP contribution in [0, 0.1) is 0 Å². The quantitative estimate of drug-likeness (QED) is 0.449. The van der Waals surface area contributed by atoms with Crippen LogP contribution < -0.4 is 0 Å². The highest BCUT2D eigenvalue weighted by atomic mass is 16.6. The molecule has 1 unspecified atom stereocenters. The van der Waals surface area contributed by atoms with Crippen LogP contribution in [-0.2, 0) is 14.3 Å². The van der Waals surface area contributed by atoms with E-state index in [1.807, 2.05) is 0 Å². The van der Waals surface area contributed by atoms with Crippen LogP contribution in [0.1, 0.15) is 27.6 Å². The standard InChI is InChI=1S/C15H15NO5/c1-3-8-20-10(2)15(19)21-9-16-13(17)11-6-4-5-7-12(11)14(16)18/h3-7,10H,1,8-9H2,2H3. The van der Waals surface area contributed by atoms with Crippen LogP contribution in [-0.4, -0.2) is 42.1 Å². The van der Waals surface area contributed by atoms with Crippen LogP contribution in [0.15, 0.2) is 36.9 Å². The Labute approximate surface area is 121 Å². The fourth-order valence-electron chi connectivity index (χ4n) is 1.88. The molecule has 2 amide bonds. The molecule has 0 fully saturated rings. The number of fused-ring (bicyclic) bond motifs is 1. The van der Waals surface area contributed by atoms with Gasteiger partial charge >= 0.3 is 5.97 Å². The zero-order valence-electron chi connectivity index (χ0n) is 11.6. The van der Waals surface area contributed by atoms with Gasteiger partial charge in [0, 0.05) is 0 Å². The van der Waals surface area contributed by atoms with Gasteiger partial charge in [-0.25, -0.2) is 9.69 Å². The number of carbonyl (C=O) groups excluding carboxylic acids is 3. The summed E-state index contributed by atoms with van der Waals surface area (Å²) in [5, 5.41) is 0. The first-order chi connectivity index (χ1) is 10.1. The summed E-state index contributed by atoms with van der Waals surface area (Å²) >= 11 is 0. The van der Waals surface area contributed by atoms with Crippen LogP contribution in [0.25, 0.3) is 0 Å². The second-order valence-electron chi connectivity index (χ2n) is 4.44. The molecule has 0 radical (unpaired) electrons. The number of nitrogens with zero attached hydrogens (tertiary/aromatic N) is 1. The van der Waals surface area contributed by atoms with Gasteiger partial charge in [-0.2, -0.15) is 0 Å². The number of esters is 1. The minimum atomic E-state index is -0.793. The maximum absolute atomic E-state index is 12.0. The molecule has 21 heavy (non-hydrogen) atoms. The second-order valence-corrected chi connectivity index (χ2v) is 4.44. The van der Waals surface area contributed by atoms with Gasteiger partial charge in [-0.3, -0.25) is 9.59 Å². The first kappa shape index (κ1) is 14.9. The number of imide groups is 1. The molecular weight excluding hydrogens is 274 g/mol. The van der Waals surface area contributed by atoms with E-state index in [0.717, 1.165) is 4.90 Å². The summed E-state index contributed by atoms with van der Waals surface area (Å²) in [5.41, 5.74) is 0.629. The van der Waals surface area contributed by atoms with Crippen molar-refractivity contribution in [1.29, 1.82) is 0 Å². The number of ether oxygens (including phenoxy) is 2. The number of carbonyl (C=O) groups is 3. The SMILES string of the molecule is C=CCOC(C)C(=O)OCN1C(=O)c2ccccc2C1=O. The first-order valence-corrected chi connectivity index (χ1v) is 6.40. The fourth-order valence-corrected chi connectivity index (χ4v) is 1.88. The van der Waals surface area contributed by atoms with Crippen molar-refractivity contribution in [2.45, 2.75) is 13.0 Å². The number of amides is 2. The molecule has 1 aliphatic heterocycles. The molecule has 0 saturated carbocycles. The lowest BCUT2D eigenvalue weighted by Crippen LogP contribution is -2.35. The highest BCUT2D eigenvalue weighted by Gasteiger charge is 2.36. The molecule has 6 heteroatoms. The maximum atomic E-state index is 12.0. The number of benzene rings is 1. The summed E-state index contributed by atoms with van der Waals surface area (Å²) in [6, 6.07) is 6.47. The minimum Gasteiger partial charge on any atom is -0.442 e. The Balaban J connectivity index is 1.96. The molecule has 0 N–H and O–H groups in total. The van der Waals surface area contributed by atoms with Crippen LogP contribution in [0.5, 0.6) is 0 Å². The van der Waals surface area contributed by atoms with Crippen LogP contribution in [0.2, 0.25) is 0 Å². The number of hydrogen-bond donors (Lipinski definition) is 0. The van der Waals surface area contributed by atoms with Crippen molar-refractivity contribution in [3.05, 3.63) is 48.0 Å². The predicted octanol–water partition coefficient (Wildman–Crippen LogP) is 1.37. The van der Waals surface area contributed by atoms with E-state index in [1.165, 1.54) is 13.0 Å². The fraction of sp³-hybridized carbons (Fsp3) is 0.267. The molecule has 0 spiro atoms. The van der Waals surface area contributed by atoms with Crippen molar-refractivity contribution in [2.24, 2.45) is 0 Å². The summed E-state index contributed by atoms with van der Waals surface area (Å²) in [6.07, 6.45) is 0.715. The van der Waals surface area contributed by atoms with Crippen LogP contribution >= 0.6 is 0 Å². The van der Waals surface area contributed by atoms with Gasteiger partial charge in [0.2, 0.25) is 0 Å². The molecule has 1 aliphatic rings. The van der Waals surface area contributed by atoms with Gasteiger partial charge < -0.3 is 9.47 Å². The van der Waals surface area contributed by atoms with E-state index < -0.39 is 30.6 Å². The summed E-state index contributed by atoms with van der Waals surface area (Å²) < 4.78 is 10.0. The lowest BCUT2D eigenvalue weighted by Gasteiger charge is -2.16. The van der Waals surface area contributed by atoms with Crippen molar-refractivity contribution >= 4 is 17.8 Å². The summed E-state index contributed by atoms with van der Waals surface area (Å²) in [7, 11) is 0. The Morgan fingerprint density at radius 1 is 1.29 bits per heavy atom. The molecule has 1 aromatic rings. The van der Waals surface area contributed by atoms with E-state index in [4.69, 9.17) is 9.47 Å². The predicted molar refractivity (Wildman–Crippen MR) is 73.5 cm³/mol. The van der Waals surface area contributed by atoms with Crippen molar-refractivity contribution in [3.8, 4) is 0 Å². The smallest absolute Gasteiger partial charge is 0.336 e. The monoisotopic (exact) mass is 289 g/mol. The Kier molecular flexibility index (Phi) is 4.49. The van der Waals surface area contributed by atoms with Gasteiger partial charge in [0.25, 0.3) is 11.8 Å². The van der Waals surface area contributed by atoms with E-state index in [9.17, 15) is 14.4 Å². The van der Waals surface area contributed by atoms with Crippen molar-refractivity contribution in [3.63, 3.8) is 0 Å². The average Bonchev–Trinajstić information content (AvgIpc) is 2.74. The first-order valence-electron chi connectivity index (χ1n) is 6.40. The Morgan fingerprint density at radius 3 is 2.38 bits per heavy atom. The van der Waals surface area contributed by atoms with E-state index in [1.54, 1.807) is 24.3 Å². The topological polar surface area (TPSA) is 72.9 Å². The summed E-state index contributed by atoms with van der Waals surface area (Å²) in [5.74, 6) is -1.58. The highest BCUT2D eigenvalue weighted by Crippen LogP contribution is 2.22. The van der Waals surface area contributed by atoms with Crippen molar-refractivity contribution < 1.29 is 23.9 Å². The third-order valence-corrected chi connectivity index (χ3v) is 3.01. The van der Waals surface area contributed by atoms with Gasteiger partial charge in [0.1, 0.15) is 0 Å². The van der Waals surface area contributed by atoms with Gasteiger partial charge in [-0.05, 0) is 19.1 Å². The summed E-state index contributed by atoms with van der Waals surface area (Å²) in [4.78, 5) is 36.6. The average molecular weight is 289 g/mol. The highest BCUT2D eigenvalue weighted by molar-refractivity contribution is 6.21. The largest absolute Gasteiger partial charge is 0.442 e. The van der Waals surface area contributed by atoms with Gasteiger partial charge in [-0.1, -0.05) is 18.2 Å². The molecule has 1 atom stereocenters. The normalized spacial score (nSPS) is 14.8. The van der Waals surface area contributed by atoms with Gasteiger partial charge in [0.05, 0.1) is 17.7 Å². The number of hydrogen-bond acceptors (Lipinski definition) is 5.